The monoisotopic (exact) mass is 409 g/mol. The number of hydrogen-bond donors (Lipinski definition) is 3. The predicted molar refractivity (Wildman–Crippen MR) is 109 cm³/mol. The Bertz CT molecular complexity index is 1030. The van der Waals surface area contributed by atoms with E-state index in [-0.39, 0.29) is 11.6 Å². The molecule has 1 aromatic carbocycles. The first-order valence-corrected chi connectivity index (χ1v) is 9.85. The van der Waals surface area contributed by atoms with Gasteiger partial charge >= 0.3 is 0 Å². The second kappa shape index (κ2) is 7.17. The molecule has 4 rings (SSSR count). The molecule has 2 aliphatic rings. The van der Waals surface area contributed by atoms with Crippen LogP contribution in [0.25, 0.3) is 0 Å². The molecule has 0 saturated heterocycles. The third kappa shape index (κ3) is 3.37. The molecule has 29 heavy (non-hydrogen) atoms. The van der Waals surface area contributed by atoms with E-state index in [1.165, 1.54) is 12.1 Å². The van der Waals surface area contributed by atoms with Gasteiger partial charge in [-0.05, 0) is 30.9 Å². The van der Waals surface area contributed by atoms with Crippen molar-refractivity contribution in [3.05, 3.63) is 80.6 Å². The standard InChI is InChI=1S/C21H20N4O3S/c1-13-8-10-24(11-9-13)19-18(14-2-6-16(7-3-14)25(27)28)17(12-22)20(29)23-21(19,26)15-4-5-15/h2-3,6-11,15,18-19,23,26H,4-5H2,1H3/p+1/t18-,19+,21+/m0/s1. The fraction of sp³-hybridized carbons (Fsp3) is 0.333. The number of thiol groups is 1. The van der Waals surface area contributed by atoms with Gasteiger partial charge in [0.15, 0.2) is 12.4 Å². The maximum atomic E-state index is 11.7. The minimum absolute atomic E-state index is 0.0201. The SMILES string of the molecule is Cc1cc[n+]([C@@H]2[C@@H](c3ccc([N+](=O)[O-])cc3)C(C#N)=C(S)N[C@@]2(O)C2CC2)cc1. The number of aromatic nitrogens is 1. The normalized spacial score (nSPS) is 26.6. The maximum absolute atomic E-state index is 11.7. The maximum Gasteiger partial charge on any atom is 0.269 e. The van der Waals surface area contributed by atoms with Gasteiger partial charge in [-0.1, -0.05) is 12.1 Å². The molecular formula is C21H21N4O3S+. The molecule has 1 saturated carbocycles. The number of nitrogens with zero attached hydrogens (tertiary/aromatic N) is 3. The minimum Gasteiger partial charge on any atom is -0.365 e. The molecule has 0 radical (unpaired) electrons. The lowest BCUT2D eigenvalue weighted by atomic mass is 9.76. The smallest absolute Gasteiger partial charge is 0.269 e. The van der Waals surface area contributed by atoms with E-state index in [9.17, 15) is 20.5 Å². The summed E-state index contributed by atoms with van der Waals surface area (Å²) in [5.74, 6) is -0.475. The molecule has 1 fully saturated rings. The number of hydrogen-bond acceptors (Lipinski definition) is 6. The van der Waals surface area contributed by atoms with Crippen LogP contribution >= 0.6 is 12.6 Å². The van der Waals surface area contributed by atoms with E-state index in [0.29, 0.717) is 10.6 Å². The average molecular weight is 409 g/mol. The van der Waals surface area contributed by atoms with Gasteiger partial charge in [-0.3, -0.25) is 10.1 Å². The van der Waals surface area contributed by atoms with Gasteiger partial charge in [0.05, 0.1) is 27.5 Å². The van der Waals surface area contributed by atoms with E-state index in [4.69, 9.17) is 0 Å². The number of pyridine rings is 1. The lowest BCUT2D eigenvalue weighted by Crippen LogP contribution is -2.65. The highest BCUT2D eigenvalue weighted by atomic mass is 32.1. The van der Waals surface area contributed by atoms with Crippen LogP contribution in [0.1, 0.15) is 35.9 Å². The molecule has 2 heterocycles. The molecule has 8 heteroatoms. The van der Waals surface area contributed by atoms with Crippen molar-refractivity contribution >= 4 is 18.3 Å². The molecule has 1 aromatic heterocycles. The number of allylic oxidation sites excluding steroid dienone is 1. The predicted octanol–water partition coefficient (Wildman–Crippen LogP) is 2.88. The Balaban J connectivity index is 1.90. The Morgan fingerprint density at radius 3 is 2.41 bits per heavy atom. The Labute approximate surface area is 173 Å². The van der Waals surface area contributed by atoms with Gasteiger partial charge in [-0.2, -0.15) is 9.83 Å². The number of aliphatic hydroxyl groups is 1. The van der Waals surface area contributed by atoms with E-state index < -0.39 is 22.6 Å². The zero-order chi connectivity index (χ0) is 20.8. The number of rotatable bonds is 4. The highest BCUT2D eigenvalue weighted by Crippen LogP contribution is 2.52. The van der Waals surface area contributed by atoms with Gasteiger partial charge in [0.1, 0.15) is 0 Å². The van der Waals surface area contributed by atoms with Crippen LogP contribution in [-0.2, 0) is 0 Å². The summed E-state index contributed by atoms with van der Waals surface area (Å²) in [5, 5.41) is 36.1. The van der Waals surface area contributed by atoms with Crippen LogP contribution in [0, 0.1) is 34.3 Å². The molecule has 0 amide bonds. The first kappa shape index (κ1) is 19.4. The topological polar surface area (TPSA) is 103 Å². The molecule has 7 nitrogen and oxygen atoms in total. The first-order valence-electron chi connectivity index (χ1n) is 9.40. The highest BCUT2D eigenvalue weighted by molar-refractivity contribution is 7.84. The van der Waals surface area contributed by atoms with E-state index >= 15 is 0 Å². The number of nitro groups is 1. The summed E-state index contributed by atoms with van der Waals surface area (Å²) in [6, 6.07) is 11.8. The lowest BCUT2D eigenvalue weighted by molar-refractivity contribution is -0.742. The van der Waals surface area contributed by atoms with E-state index in [1.807, 2.05) is 36.0 Å². The second-order valence-corrected chi connectivity index (χ2v) is 8.14. The molecule has 148 valence electrons. The quantitative estimate of drug-likeness (QED) is 0.312. The summed E-state index contributed by atoms with van der Waals surface area (Å²) in [4.78, 5) is 10.6. The molecule has 0 spiro atoms. The molecule has 1 aliphatic heterocycles. The number of non-ortho nitro benzene ring substituents is 1. The molecule has 3 atom stereocenters. The van der Waals surface area contributed by atoms with Crippen molar-refractivity contribution in [1.29, 1.82) is 5.26 Å². The third-order valence-electron chi connectivity index (χ3n) is 5.77. The molecule has 1 aliphatic carbocycles. The number of aryl methyl sites for hydroxylation is 1. The molecule has 2 aromatic rings. The molecule has 0 unspecified atom stereocenters. The number of benzene rings is 1. The van der Waals surface area contributed by atoms with Gasteiger partial charge in [-0.25, -0.2) is 0 Å². The first-order chi connectivity index (χ1) is 13.8. The van der Waals surface area contributed by atoms with Crippen molar-refractivity contribution in [3.8, 4) is 6.07 Å². The van der Waals surface area contributed by atoms with Gasteiger partial charge in [0.2, 0.25) is 11.8 Å². The zero-order valence-corrected chi connectivity index (χ0v) is 16.7. The fourth-order valence-electron chi connectivity index (χ4n) is 4.13. The fourth-order valence-corrected chi connectivity index (χ4v) is 4.50. The van der Waals surface area contributed by atoms with Gasteiger partial charge in [0, 0.05) is 30.2 Å². The summed E-state index contributed by atoms with van der Waals surface area (Å²) in [5.41, 5.74) is 0.887. The lowest BCUT2D eigenvalue weighted by Gasteiger charge is -2.42. The summed E-state index contributed by atoms with van der Waals surface area (Å²) in [6.45, 7) is 1.98. The molecule has 2 N–H and O–H groups in total. The van der Waals surface area contributed by atoms with Crippen molar-refractivity contribution < 1.29 is 14.6 Å². The van der Waals surface area contributed by atoms with Crippen LogP contribution in [0.15, 0.2) is 59.4 Å². The van der Waals surface area contributed by atoms with E-state index in [0.717, 1.165) is 24.0 Å². The third-order valence-corrected chi connectivity index (χ3v) is 6.13. The minimum atomic E-state index is -1.29. The van der Waals surface area contributed by atoms with Crippen molar-refractivity contribution in [1.82, 2.24) is 5.32 Å². The largest absolute Gasteiger partial charge is 0.365 e. The summed E-state index contributed by atoms with van der Waals surface area (Å²) in [7, 11) is 0. The van der Waals surface area contributed by atoms with E-state index in [2.05, 4.69) is 24.0 Å². The van der Waals surface area contributed by atoms with Gasteiger partial charge in [0.25, 0.3) is 5.69 Å². The Hall–Kier alpha value is -2.89. The number of nitrogens with one attached hydrogen (secondary N) is 1. The van der Waals surface area contributed by atoms with Crippen LogP contribution in [0.5, 0.6) is 0 Å². The van der Waals surface area contributed by atoms with Gasteiger partial charge in [-0.15, -0.1) is 12.6 Å². The average Bonchev–Trinajstić information content (AvgIpc) is 3.54. The van der Waals surface area contributed by atoms with E-state index in [1.54, 1.807) is 12.1 Å². The second-order valence-electron chi connectivity index (χ2n) is 7.69. The van der Waals surface area contributed by atoms with Crippen LogP contribution in [-0.4, -0.2) is 15.8 Å². The van der Waals surface area contributed by atoms with Crippen molar-refractivity contribution in [2.24, 2.45) is 5.92 Å². The van der Waals surface area contributed by atoms with Crippen molar-refractivity contribution in [2.75, 3.05) is 0 Å². The summed E-state index contributed by atoms with van der Waals surface area (Å²) >= 11 is 4.47. The highest BCUT2D eigenvalue weighted by Gasteiger charge is 2.60. The Morgan fingerprint density at radius 2 is 1.90 bits per heavy atom. The Kier molecular flexibility index (Phi) is 4.81. The number of nitriles is 1. The van der Waals surface area contributed by atoms with Crippen molar-refractivity contribution in [3.63, 3.8) is 0 Å². The zero-order valence-electron chi connectivity index (χ0n) is 15.8. The van der Waals surface area contributed by atoms with Crippen LogP contribution in [0.3, 0.4) is 0 Å². The summed E-state index contributed by atoms with van der Waals surface area (Å²) < 4.78 is 1.92. The van der Waals surface area contributed by atoms with Crippen LogP contribution < -0.4 is 9.88 Å². The van der Waals surface area contributed by atoms with Gasteiger partial charge < -0.3 is 10.4 Å². The van der Waals surface area contributed by atoms with Crippen LogP contribution in [0.2, 0.25) is 0 Å². The van der Waals surface area contributed by atoms with Crippen LogP contribution in [0.4, 0.5) is 5.69 Å². The number of nitro benzene ring substituents is 1. The Morgan fingerprint density at radius 1 is 1.28 bits per heavy atom. The summed E-state index contributed by atoms with van der Waals surface area (Å²) in [6.07, 6.45) is 5.54. The molecular weight excluding hydrogens is 388 g/mol. The molecule has 0 bridgehead atoms. The van der Waals surface area contributed by atoms with Crippen molar-refractivity contribution in [2.45, 2.75) is 37.5 Å².